The van der Waals surface area contributed by atoms with E-state index in [4.69, 9.17) is 9.84 Å². The molecule has 2 aromatic rings. The minimum atomic E-state index is -1.01. The number of rotatable bonds is 3. The van der Waals surface area contributed by atoms with E-state index >= 15 is 0 Å². The Morgan fingerprint density at radius 2 is 1.75 bits per heavy atom. The van der Waals surface area contributed by atoms with Gasteiger partial charge >= 0.3 is 5.97 Å². The predicted octanol–water partition coefficient (Wildman–Crippen LogP) is 2.16. The maximum atomic E-state index is 11.5. The predicted molar refractivity (Wildman–Crippen MR) is 75.0 cm³/mol. The van der Waals surface area contributed by atoms with Gasteiger partial charge in [-0.15, -0.1) is 0 Å². The second kappa shape index (κ2) is 5.21. The SMILES string of the molecule is COc1ccc(C(=O)O)cc1-n1c(C)cc(=O)cc1C. The molecule has 0 saturated carbocycles. The van der Waals surface area contributed by atoms with Crippen molar-refractivity contribution in [3.05, 3.63) is 57.5 Å². The van der Waals surface area contributed by atoms with E-state index in [1.807, 2.05) is 0 Å². The van der Waals surface area contributed by atoms with E-state index in [1.54, 1.807) is 24.5 Å². The molecule has 0 aliphatic rings. The summed E-state index contributed by atoms with van der Waals surface area (Å²) < 4.78 is 7.08. The Kier molecular flexibility index (Phi) is 3.61. The largest absolute Gasteiger partial charge is 0.495 e. The van der Waals surface area contributed by atoms with Crippen molar-refractivity contribution in [3.63, 3.8) is 0 Å². The Balaban J connectivity index is 2.77. The van der Waals surface area contributed by atoms with Gasteiger partial charge in [0.15, 0.2) is 5.43 Å². The van der Waals surface area contributed by atoms with E-state index in [-0.39, 0.29) is 11.0 Å². The molecule has 5 nitrogen and oxygen atoms in total. The second-order valence-corrected chi connectivity index (χ2v) is 4.50. The van der Waals surface area contributed by atoms with E-state index < -0.39 is 5.97 Å². The van der Waals surface area contributed by atoms with Gasteiger partial charge < -0.3 is 14.4 Å². The number of benzene rings is 1. The zero-order valence-electron chi connectivity index (χ0n) is 11.5. The van der Waals surface area contributed by atoms with Crippen LogP contribution in [0.1, 0.15) is 21.7 Å². The molecule has 0 saturated heterocycles. The molecule has 0 atom stereocenters. The Hall–Kier alpha value is -2.56. The van der Waals surface area contributed by atoms with Gasteiger partial charge in [-0.25, -0.2) is 4.79 Å². The molecule has 0 fully saturated rings. The molecule has 1 heterocycles. The molecule has 0 bridgehead atoms. The molecule has 104 valence electrons. The van der Waals surface area contributed by atoms with Crippen LogP contribution in [0.2, 0.25) is 0 Å². The molecule has 20 heavy (non-hydrogen) atoms. The van der Waals surface area contributed by atoms with Crippen molar-refractivity contribution in [1.82, 2.24) is 4.57 Å². The highest BCUT2D eigenvalue weighted by Crippen LogP contribution is 2.26. The van der Waals surface area contributed by atoms with Crippen LogP contribution in [-0.4, -0.2) is 22.8 Å². The molecule has 0 amide bonds. The van der Waals surface area contributed by atoms with Crippen LogP contribution in [0.15, 0.2) is 35.1 Å². The topological polar surface area (TPSA) is 68.5 Å². The fourth-order valence-corrected chi connectivity index (χ4v) is 2.24. The number of nitrogens with zero attached hydrogens (tertiary/aromatic N) is 1. The fraction of sp³-hybridized carbons (Fsp3) is 0.200. The molecular weight excluding hydrogens is 258 g/mol. The summed E-state index contributed by atoms with van der Waals surface area (Å²) >= 11 is 0. The molecule has 0 aliphatic carbocycles. The molecular formula is C15H15NO4. The van der Waals surface area contributed by atoms with Gasteiger partial charge in [0.2, 0.25) is 0 Å². The Bertz CT molecular complexity index is 705. The number of aromatic nitrogens is 1. The lowest BCUT2D eigenvalue weighted by molar-refractivity contribution is 0.0697. The molecule has 5 heteroatoms. The summed E-state index contributed by atoms with van der Waals surface area (Å²) in [6.07, 6.45) is 0. The summed E-state index contributed by atoms with van der Waals surface area (Å²) in [5.74, 6) is -0.463. The minimum absolute atomic E-state index is 0.0791. The number of carboxylic acids is 1. The number of pyridine rings is 1. The van der Waals surface area contributed by atoms with Crippen molar-refractivity contribution >= 4 is 5.97 Å². The molecule has 1 aromatic carbocycles. The molecule has 0 radical (unpaired) electrons. The summed E-state index contributed by atoms with van der Waals surface area (Å²) in [5.41, 5.74) is 2.12. The number of aromatic carboxylic acids is 1. The number of hydrogen-bond acceptors (Lipinski definition) is 3. The third kappa shape index (κ3) is 2.42. The van der Waals surface area contributed by atoms with Gasteiger partial charge in [-0.3, -0.25) is 4.79 Å². The van der Waals surface area contributed by atoms with Gasteiger partial charge in [0.25, 0.3) is 0 Å². The summed E-state index contributed by atoms with van der Waals surface area (Å²) in [6.45, 7) is 3.59. The lowest BCUT2D eigenvalue weighted by Crippen LogP contribution is -2.13. The van der Waals surface area contributed by atoms with Gasteiger partial charge in [0, 0.05) is 23.5 Å². The fourth-order valence-electron chi connectivity index (χ4n) is 2.24. The van der Waals surface area contributed by atoms with E-state index in [0.717, 1.165) is 11.4 Å². The number of carboxylic acid groups (broad SMARTS) is 1. The lowest BCUT2D eigenvalue weighted by atomic mass is 10.1. The zero-order chi connectivity index (χ0) is 14.9. The Morgan fingerprint density at radius 1 is 1.15 bits per heavy atom. The summed E-state index contributed by atoms with van der Waals surface area (Å²) in [7, 11) is 1.52. The van der Waals surface area contributed by atoms with Crippen molar-refractivity contribution in [1.29, 1.82) is 0 Å². The Labute approximate surface area is 116 Å². The zero-order valence-corrected chi connectivity index (χ0v) is 11.5. The number of hydrogen-bond donors (Lipinski definition) is 1. The number of methoxy groups -OCH3 is 1. The third-order valence-corrected chi connectivity index (χ3v) is 3.07. The first-order valence-corrected chi connectivity index (χ1v) is 6.06. The van der Waals surface area contributed by atoms with Crippen LogP contribution in [0, 0.1) is 13.8 Å². The van der Waals surface area contributed by atoms with Crippen molar-refractivity contribution < 1.29 is 14.6 Å². The highest BCUT2D eigenvalue weighted by molar-refractivity contribution is 5.88. The summed E-state index contributed by atoms with van der Waals surface area (Å²) in [5, 5.41) is 9.10. The van der Waals surface area contributed by atoms with E-state index in [9.17, 15) is 9.59 Å². The molecule has 1 N–H and O–H groups in total. The molecule has 2 rings (SSSR count). The maximum Gasteiger partial charge on any atom is 0.335 e. The Morgan fingerprint density at radius 3 is 2.25 bits per heavy atom. The van der Waals surface area contributed by atoms with Gasteiger partial charge in [0.05, 0.1) is 18.4 Å². The second-order valence-electron chi connectivity index (χ2n) is 4.50. The van der Waals surface area contributed by atoms with Crippen molar-refractivity contribution in [3.8, 4) is 11.4 Å². The standard InChI is InChI=1S/C15H15NO4/c1-9-6-12(17)7-10(2)16(9)13-8-11(15(18)19)4-5-14(13)20-3/h4-8H,1-3H3,(H,18,19). The van der Waals surface area contributed by atoms with Crippen LogP contribution in [0.3, 0.4) is 0 Å². The van der Waals surface area contributed by atoms with Gasteiger partial charge in [-0.05, 0) is 32.0 Å². The number of ether oxygens (including phenoxy) is 1. The number of aryl methyl sites for hydroxylation is 2. The van der Waals surface area contributed by atoms with E-state index in [2.05, 4.69) is 0 Å². The van der Waals surface area contributed by atoms with Crippen LogP contribution in [0.4, 0.5) is 0 Å². The molecule has 0 spiro atoms. The summed E-state index contributed by atoms with van der Waals surface area (Å²) in [4.78, 5) is 22.6. The van der Waals surface area contributed by atoms with E-state index in [1.165, 1.54) is 31.4 Å². The van der Waals surface area contributed by atoms with Crippen LogP contribution in [0.5, 0.6) is 5.75 Å². The van der Waals surface area contributed by atoms with Crippen molar-refractivity contribution in [2.24, 2.45) is 0 Å². The quantitative estimate of drug-likeness (QED) is 0.930. The summed E-state index contributed by atoms with van der Waals surface area (Å²) in [6, 6.07) is 7.62. The van der Waals surface area contributed by atoms with Crippen molar-refractivity contribution in [2.45, 2.75) is 13.8 Å². The minimum Gasteiger partial charge on any atom is -0.495 e. The molecule has 1 aromatic heterocycles. The first kappa shape index (κ1) is 13.9. The highest BCUT2D eigenvalue weighted by atomic mass is 16.5. The van der Waals surface area contributed by atoms with Gasteiger partial charge in [-0.2, -0.15) is 0 Å². The normalized spacial score (nSPS) is 10.3. The molecule has 0 aliphatic heterocycles. The van der Waals surface area contributed by atoms with Crippen LogP contribution < -0.4 is 10.2 Å². The first-order chi connectivity index (χ1) is 9.43. The van der Waals surface area contributed by atoms with Gasteiger partial charge in [-0.1, -0.05) is 0 Å². The smallest absolute Gasteiger partial charge is 0.335 e. The highest BCUT2D eigenvalue weighted by Gasteiger charge is 2.13. The maximum absolute atomic E-state index is 11.5. The average molecular weight is 273 g/mol. The average Bonchev–Trinajstić information content (AvgIpc) is 2.37. The first-order valence-electron chi connectivity index (χ1n) is 6.06. The molecule has 0 unspecified atom stereocenters. The monoisotopic (exact) mass is 273 g/mol. The van der Waals surface area contributed by atoms with Crippen LogP contribution >= 0.6 is 0 Å². The lowest BCUT2D eigenvalue weighted by Gasteiger charge is -2.17. The van der Waals surface area contributed by atoms with Crippen LogP contribution in [-0.2, 0) is 0 Å². The number of carbonyl (C=O) groups is 1. The van der Waals surface area contributed by atoms with Gasteiger partial charge in [0.1, 0.15) is 5.75 Å². The van der Waals surface area contributed by atoms with Crippen molar-refractivity contribution in [2.75, 3.05) is 7.11 Å². The third-order valence-electron chi connectivity index (χ3n) is 3.07. The van der Waals surface area contributed by atoms with Crippen LogP contribution in [0.25, 0.3) is 5.69 Å². The van der Waals surface area contributed by atoms with E-state index in [0.29, 0.717) is 11.4 Å².